The van der Waals surface area contributed by atoms with Crippen LogP contribution in [0.5, 0.6) is 0 Å². The molecule has 0 bridgehead atoms. The molecule has 2 rings (SSSR count). The molecular weight excluding hydrogens is 347 g/mol. The summed E-state index contributed by atoms with van der Waals surface area (Å²) in [5, 5.41) is 10.7. The summed E-state index contributed by atoms with van der Waals surface area (Å²) in [5.74, 6) is -0.524. The van der Waals surface area contributed by atoms with Gasteiger partial charge in [-0.1, -0.05) is 11.8 Å². The molecule has 0 unspecified atom stereocenters. The van der Waals surface area contributed by atoms with Crippen molar-refractivity contribution in [2.75, 3.05) is 11.9 Å². The molecule has 1 heterocycles. The van der Waals surface area contributed by atoms with Gasteiger partial charge in [0.15, 0.2) is 5.16 Å². The molecule has 1 atom stereocenters. The molecule has 0 fully saturated rings. The van der Waals surface area contributed by atoms with Gasteiger partial charge >= 0.3 is 5.97 Å². The highest BCUT2D eigenvalue weighted by atomic mass is 32.2. The van der Waals surface area contributed by atoms with Gasteiger partial charge in [-0.3, -0.25) is 9.59 Å². The SMILES string of the molecule is CCOC(=O)Cc1nnc(S[C@H](C)C(=O)Nc2ccc(F)cc2)n1C. The number of benzene rings is 1. The Bertz CT molecular complexity index is 748. The Labute approximate surface area is 149 Å². The maximum atomic E-state index is 12.9. The van der Waals surface area contributed by atoms with E-state index in [4.69, 9.17) is 4.74 Å². The third kappa shape index (κ3) is 5.28. The molecule has 1 aromatic heterocycles. The summed E-state index contributed by atoms with van der Waals surface area (Å²) in [6, 6.07) is 5.53. The number of nitrogens with zero attached hydrogens (tertiary/aromatic N) is 3. The summed E-state index contributed by atoms with van der Waals surface area (Å²) in [6.45, 7) is 3.76. The van der Waals surface area contributed by atoms with E-state index < -0.39 is 5.25 Å². The maximum absolute atomic E-state index is 12.9. The minimum absolute atomic E-state index is 0.0219. The number of aromatic nitrogens is 3. The first kappa shape index (κ1) is 18.9. The van der Waals surface area contributed by atoms with Crippen LogP contribution in [0.3, 0.4) is 0 Å². The summed E-state index contributed by atoms with van der Waals surface area (Å²) in [4.78, 5) is 23.8. The highest BCUT2D eigenvalue weighted by molar-refractivity contribution is 8.00. The molecular formula is C16H19FN4O3S. The lowest BCUT2D eigenvalue weighted by Gasteiger charge is -2.11. The third-order valence-corrected chi connectivity index (χ3v) is 4.43. The maximum Gasteiger partial charge on any atom is 0.313 e. The first-order valence-electron chi connectivity index (χ1n) is 7.67. The molecule has 1 N–H and O–H groups in total. The number of anilines is 1. The lowest BCUT2D eigenvalue weighted by molar-refractivity contribution is -0.142. The summed E-state index contributed by atoms with van der Waals surface area (Å²) < 4.78 is 19.4. The zero-order chi connectivity index (χ0) is 18.4. The summed E-state index contributed by atoms with van der Waals surface area (Å²) in [7, 11) is 1.72. The minimum atomic E-state index is -0.455. The normalized spacial score (nSPS) is 11.8. The quantitative estimate of drug-likeness (QED) is 0.597. The number of halogens is 1. The fourth-order valence-corrected chi connectivity index (χ4v) is 2.77. The molecule has 1 amide bonds. The van der Waals surface area contributed by atoms with Gasteiger partial charge in [0.05, 0.1) is 11.9 Å². The van der Waals surface area contributed by atoms with Gasteiger partial charge in [-0.05, 0) is 38.1 Å². The van der Waals surface area contributed by atoms with Gasteiger partial charge in [-0.25, -0.2) is 4.39 Å². The molecule has 9 heteroatoms. The highest BCUT2D eigenvalue weighted by Crippen LogP contribution is 2.23. The molecule has 7 nitrogen and oxygen atoms in total. The van der Waals surface area contributed by atoms with Crippen molar-refractivity contribution in [2.24, 2.45) is 7.05 Å². The lowest BCUT2D eigenvalue weighted by atomic mass is 10.3. The van der Waals surface area contributed by atoms with Crippen LogP contribution in [0.4, 0.5) is 10.1 Å². The number of carbonyl (C=O) groups is 2. The Morgan fingerprint density at radius 2 is 2.00 bits per heavy atom. The van der Waals surface area contributed by atoms with Crippen LogP contribution in [0.15, 0.2) is 29.4 Å². The van der Waals surface area contributed by atoms with Crippen LogP contribution >= 0.6 is 11.8 Å². The van der Waals surface area contributed by atoms with E-state index in [-0.39, 0.29) is 24.1 Å². The van der Waals surface area contributed by atoms with Crippen LogP contribution in [0, 0.1) is 5.82 Å². The Morgan fingerprint density at radius 1 is 1.32 bits per heavy atom. The Kier molecular flexibility index (Phi) is 6.51. The molecule has 0 saturated heterocycles. The van der Waals surface area contributed by atoms with E-state index in [0.29, 0.717) is 23.3 Å². The third-order valence-electron chi connectivity index (χ3n) is 3.30. The molecule has 1 aromatic carbocycles. The van der Waals surface area contributed by atoms with E-state index in [1.807, 2.05) is 0 Å². The van der Waals surface area contributed by atoms with Gasteiger partial charge in [0.1, 0.15) is 18.1 Å². The van der Waals surface area contributed by atoms with E-state index in [0.717, 1.165) is 0 Å². The first-order chi connectivity index (χ1) is 11.9. The van der Waals surface area contributed by atoms with Crippen molar-refractivity contribution in [3.63, 3.8) is 0 Å². The van der Waals surface area contributed by atoms with E-state index in [2.05, 4.69) is 15.5 Å². The van der Waals surface area contributed by atoms with Crippen LogP contribution in [0.25, 0.3) is 0 Å². The fourth-order valence-electron chi connectivity index (χ4n) is 1.93. The predicted octanol–water partition coefficient (Wildman–Crippen LogP) is 2.18. The van der Waals surface area contributed by atoms with Crippen molar-refractivity contribution in [3.05, 3.63) is 35.9 Å². The van der Waals surface area contributed by atoms with Gasteiger partial charge in [0.2, 0.25) is 5.91 Å². The van der Waals surface area contributed by atoms with Crippen molar-refractivity contribution in [2.45, 2.75) is 30.7 Å². The van der Waals surface area contributed by atoms with E-state index in [9.17, 15) is 14.0 Å². The number of amides is 1. The molecule has 0 aliphatic carbocycles. The summed E-state index contributed by atoms with van der Waals surface area (Å²) >= 11 is 1.21. The number of carbonyl (C=O) groups excluding carboxylic acids is 2. The Balaban J connectivity index is 1.96. The van der Waals surface area contributed by atoms with Crippen molar-refractivity contribution in [3.8, 4) is 0 Å². The largest absolute Gasteiger partial charge is 0.466 e. The van der Waals surface area contributed by atoms with Crippen LogP contribution < -0.4 is 5.32 Å². The average molecular weight is 366 g/mol. The molecule has 0 aliphatic rings. The number of thioether (sulfide) groups is 1. The van der Waals surface area contributed by atoms with Gasteiger partial charge in [0.25, 0.3) is 0 Å². The van der Waals surface area contributed by atoms with E-state index in [1.165, 1.54) is 36.0 Å². The monoisotopic (exact) mass is 366 g/mol. The minimum Gasteiger partial charge on any atom is -0.466 e. The summed E-state index contributed by atoms with van der Waals surface area (Å²) in [6.07, 6.45) is 0.0219. The number of hydrogen-bond donors (Lipinski definition) is 1. The second-order valence-corrected chi connectivity index (χ2v) is 6.50. The van der Waals surface area contributed by atoms with Crippen LogP contribution in [-0.2, 0) is 27.8 Å². The molecule has 0 saturated carbocycles. The molecule has 25 heavy (non-hydrogen) atoms. The molecule has 134 valence electrons. The second-order valence-electron chi connectivity index (χ2n) is 5.20. The van der Waals surface area contributed by atoms with Crippen LogP contribution in [0.1, 0.15) is 19.7 Å². The zero-order valence-corrected chi connectivity index (χ0v) is 15.0. The molecule has 2 aromatic rings. The predicted molar refractivity (Wildman–Crippen MR) is 91.7 cm³/mol. The van der Waals surface area contributed by atoms with Gasteiger partial charge in [0, 0.05) is 12.7 Å². The molecule has 0 spiro atoms. The van der Waals surface area contributed by atoms with Crippen LogP contribution in [-0.4, -0.2) is 38.5 Å². The van der Waals surface area contributed by atoms with Crippen molar-refractivity contribution in [1.82, 2.24) is 14.8 Å². The average Bonchev–Trinajstić information content (AvgIpc) is 2.90. The Morgan fingerprint density at radius 3 is 2.64 bits per heavy atom. The molecule has 0 aliphatic heterocycles. The lowest BCUT2D eigenvalue weighted by Crippen LogP contribution is -2.22. The first-order valence-corrected chi connectivity index (χ1v) is 8.55. The number of nitrogens with one attached hydrogen (secondary N) is 1. The zero-order valence-electron chi connectivity index (χ0n) is 14.2. The second kappa shape index (κ2) is 8.61. The number of hydrogen-bond acceptors (Lipinski definition) is 6. The standard InChI is InChI=1S/C16H19FN4O3S/c1-4-24-14(22)9-13-19-20-16(21(13)3)25-10(2)15(23)18-12-7-5-11(17)6-8-12/h5-8,10H,4,9H2,1-3H3,(H,18,23)/t10-/m1/s1. The molecule has 0 radical (unpaired) electrons. The Hall–Kier alpha value is -2.42. The van der Waals surface area contributed by atoms with E-state index >= 15 is 0 Å². The van der Waals surface area contributed by atoms with Crippen molar-refractivity contribution < 1.29 is 18.7 Å². The van der Waals surface area contributed by atoms with Crippen LogP contribution in [0.2, 0.25) is 0 Å². The topological polar surface area (TPSA) is 86.1 Å². The number of esters is 1. The van der Waals surface area contributed by atoms with Crippen molar-refractivity contribution in [1.29, 1.82) is 0 Å². The number of ether oxygens (including phenoxy) is 1. The van der Waals surface area contributed by atoms with Gasteiger partial charge < -0.3 is 14.6 Å². The smallest absolute Gasteiger partial charge is 0.313 e. The summed E-state index contributed by atoms with van der Waals surface area (Å²) in [5.41, 5.74) is 0.514. The van der Waals surface area contributed by atoms with E-state index in [1.54, 1.807) is 25.5 Å². The fraction of sp³-hybridized carbons (Fsp3) is 0.375. The van der Waals surface area contributed by atoms with Gasteiger partial charge in [-0.2, -0.15) is 0 Å². The highest BCUT2D eigenvalue weighted by Gasteiger charge is 2.20. The van der Waals surface area contributed by atoms with Crippen molar-refractivity contribution >= 4 is 29.3 Å². The van der Waals surface area contributed by atoms with Gasteiger partial charge in [-0.15, -0.1) is 10.2 Å². The number of rotatable bonds is 7.